The summed E-state index contributed by atoms with van der Waals surface area (Å²) in [6, 6.07) is 18.5. The van der Waals surface area contributed by atoms with Gasteiger partial charge in [-0.2, -0.15) is 0 Å². The van der Waals surface area contributed by atoms with Crippen LogP contribution in [0, 0.1) is 0 Å². The largest absolute Gasteiger partial charge is 0.355 e. The van der Waals surface area contributed by atoms with Crippen molar-refractivity contribution in [1.29, 1.82) is 0 Å². The molecule has 0 bridgehead atoms. The Labute approximate surface area is 191 Å². The minimum atomic E-state index is -0.116. The Bertz CT molecular complexity index is 868. The third-order valence-electron chi connectivity index (χ3n) is 6.75. The van der Waals surface area contributed by atoms with Gasteiger partial charge in [0, 0.05) is 37.9 Å². The molecular formula is C27H35N3O2. The molecule has 0 aromatic heterocycles. The Balaban J connectivity index is 1.28. The molecule has 2 aliphatic rings. The van der Waals surface area contributed by atoms with E-state index >= 15 is 0 Å². The molecule has 170 valence electrons. The molecule has 2 N–H and O–H groups in total. The second kappa shape index (κ2) is 11.3. The van der Waals surface area contributed by atoms with E-state index in [0.29, 0.717) is 19.4 Å². The van der Waals surface area contributed by atoms with E-state index in [1.807, 2.05) is 30.3 Å². The molecule has 2 aromatic rings. The monoisotopic (exact) mass is 433 g/mol. The number of benzene rings is 2. The first-order chi connectivity index (χ1) is 15.7. The van der Waals surface area contributed by atoms with Crippen LogP contribution in [0.4, 0.5) is 0 Å². The van der Waals surface area contributed by atoms with Gasteiger partial charge in [-0.15, -0.1) is 0 Å². The van der Waals surface area contributed by atoms with Gasteiger partial charge in [0.1, 0.15) is 0 Å². The average Bonchev–Trinajstić information content (AvgIpc) is 3.22. The van der Waals surface area contributed by atoms with Crippen LogP contribution in [0.2, 0.25) is 0 Å². The minimum Gasteiger partial charge on any atom is -0.355 e. The number of rotatable bonds is 9. The van der Waals surface area contributed by atoms with Crippen molar-refractivity contribution >= 4 is 11.8 Å². The van der Waals surface area contributed by atoms with Gasteiger partial charge < -0.3 is 15.5 Å². The second-order valence-corrected chi connectivity index (χ2v) is 9.21. The number of hydrogen-bond donors (Lipinski definition) is 2. The van der Waals surface area contributed by atoms with Crippen LogP contribution in [0.1, 0.15) is 54.7 Å². The van der Waals surface area contributed by atoms with E-state index in [2.05, 4.69) is 39.8 Å². The van der Waals surface area contributed by atoms with Crippen LogP contribution in [0.25, 0.3) is 0 Å². The quantitative estimate of drug-likeness (QED) is 0.637. The molecule has 1 heterocycles. The lowest BCUT2D eigenvalue weighted by Gasteiger charge is -2.26. The fourth-order valence-electron chi connectivity index (χ4n) is 5.04. The molecule has 1 aliphatic heterocycles. The van der Waals surface area contributed by atoms with E-state index in [4.69, 9.17) is 0 Å². The number of nitrogens with one attached hydrogen (secondary N) is 2. The summed E-state index contributed by atoms with van der Waals surface area (Å²) in [6.45, 7) is 3.85. The maximum absolute atomic E-state index is 12.9. The summed E-state index contributed by atoms with van der Waals surface area (Å²) < 4.78 is 0. The molecule has 0 spiro atoms. The van der Waals surface area contributed by atoms with Crippen LogP contribution >= 0.6 is 0 Å². The van der Waals surface area contributed by atoms with Crippen LogP contribution in [-0.4, -0.2) is 48.9 Å². The van der Waals surface area contributed by atoms with E-state index in [1.54, 1.807) is 0 Å². The number of carbonyl (C=O) groups excluding carboxylic acids is 2. The fourth-order valence-corrected chi connectivity index (χ4v) is 5.04. The van der Waals surface area contributed by atoms with Crippen LogP contribution in [-0.2, 0) is 22.4 Å². The van der Waals surface area contributed by atoms with Gasteiger partial charge in [0.25, 0.3) is 0 Å². The van der Waals surface area contributed by atoms with Crippen LogP contribution < -0.4 is 10.6 Å². The molecule has 0 saturated carbocycles. The molecule has 5 heteroatoms. The first-order valence-corrected chi connectivity index (χ1v) is 12.1. The highest BCUT2D eigenvalue weighted by Crippen LogP contribution is 2.25. The lowest BCUT2D eigenvalue weighted by molar-refractivity contribution is -0.123. The van der Waals surface area contributed by atoms with Crippen molar-refractivity contribution in [1.82, 2.24) is 15.5 Å². The molecule has 1 aliphatic carbocycles. The zero-order valence-electron chi connectivity index (χ0n) is 18.9. The van der Waals surface area contributed by atoms with E-state index in [0.717, 1.165) is 38.0 Å². The van der Waals surface area contributed by atoms with E-state index in [1.165, 1.54) is 30.4 Å². The maximum atomic E-state index is 12.9. The van der Waals surface area contributed by atoms with Gasteiger partial charge in [0.15, 0.2) is 0 Å². The zero-order chi connectivity index (χ0) is 22.2. The SMILES string of the molecule is O=C(CC(CC(=O)NC1Cc2ccccc2C1)c1ccccc1)NCCN1CCCCC1. The summed E-state index contributed by atoms with van der Waals surface area (Å²) >= 11 is 0. The molecular weight excluding hydrogens is 398 g/mol. The van der Waals surface area contributed by atoms with Gasteiger partial charge in [-0.1, -0.05) is 61.0 Å². The van der Waals surface area contributed by atoms with Crippen molar-refractivity contribution in [3.8, 4) is 0 Å². The highest BCUT2D eigenvalue weighted by Gasteiger charge is 2.25. The number of piperidine rings is 1. The Morgan fingerprint density at radius 2 is 1.47 bits per heavy atom. The molecule has 1 unspecified atom stereocenters. The van der Waals surface area contributed by atoms with Gasteiger partial charge in [-0.3, -0.25) is 9.59 Å². The molecule has 4 rings (SSSR count). The predicted molar refractivity (Wildman–Crippen MR) is 127 cm³/mol. The first-order valence-electron chi connectivity index (χ1n) is 12.1. The van der Waals surface area contributed by atoms with Crippen molar-refractivity contribution in [3.63, 3.8) is 0 Å². The summed E-state index contributed by atoms with van der Waals surface area (Å²) in [4.78, 5) is 28.0. The van der Waals surface area contributed by atoms with Gasteiger partial charge >= 0.3 is 0 Å². The van der Waals surface area contributed by atoms with Crippen molar-refractivity contribution in [2.75, 3.05) is 26.2 Å². The second-order valence-electron chi connectivity index (χ2n) is 9.21. The molecule has 2 amide bonds. The Hall–Kier alpha value is -2.66. The zero-order valence-corrected chi connectivity index (χ0v) is 18.9. The normalized spacial score (nSPS) is 17.5. The Kier molecular flexibility index (Phi) is 7.94. The van der Waals surface area contributed by atoms with Gasteiger partial charge in [-0.25, -0.2) is 0 Å². The topological polar surface area (TPSA) is 61.4 Å². The first kappa shape index (κ1) is 22.5. The van der Waals surface area contributed by atoms with Gasteiger partial charge in [-0.05, 0) is 55.5 Å². The van der Waals surface area contributed by atoms with E-state index in [9.17, 15) is 9.59 Å². The summed E-state index contributed by atoms with van der Waals surface area (Å²) in [7, 11) is 0. The lowest BCUT2D eigenvalue weighted by atomic mass is 9.91. The third kappa shape index (κ3) is 6.42. The highest BCUT2D eigenvalue weighted by atomic mass is 16.2. The molecule has 32 heavy (non-hydrogen) atoms. The predicted octanol–water partition coefficient (Wildman–Crippen LogP) is 3.44. The van der Waals surface area contributed by atoms with Crippen LogP contribution in [0.5, 0.6) is 0 Å². The van der Waals surface area contributed by atoms with Crippen molar-refractivity contribution in [3.05, 3.63) is 71.3 Å². The third-order valence-corrected chi connectivity index (χ3v) is 6.75. The minimum absolute atomic E-state index is 0.0249. The molecule has 1 fully saturated rings. The summed E-state index contributed by atoms with van der Waals surface area (Å²) in [5, 5.41) is 6.28. The smallest absolute Gasteiger partial charge is 0.220 e. The molecule has 5 nitrogen and oxygen atoms in total. The summed E-state index contributed by atoms with van der Waals surface area (Å²) in [5.41, 5.74) is 3.69. The molecule has 0 radical (unpaired) electrons. The van der Waals surface area contributed by atoms with Crippen molar-refractivity contribution < 1.29 is 9.59 Å². The van der Waals surface area contributed by atoms with E-state index < -0.39 is 0 Å². The molecule has 2 aromatic carbocycles. The number of likely N-dealkylation sites (tertiary alicyclic amines) is 1. The number of nitrogens with zero attached hydrogens (tertiary/aromatic N) is 1. The van der Waals surface area contributed by atoms with E-state index in [-0.39, 0.29) is 23.8 Å². The number of amides is 2. The Morgan fingerprint density at radius 3 is 2.16 bits per heavy atom. The van der Waals surface area contributed by atoms with Crippen molar-refractivity contribution in [2.45, 2.75) is 56.9 Å². The number of hydrogen-bond acceptors (Lipinski definition) is 3. The average molecular weight is 434 g/mol. The Morgan fingerprint density at radius 1 is 0.844 bits per heavy atom. The summed E-state index contributed by atoms with van der Waals surface area (Å²) in [5.74, 6) is -0.0651. The van der Waals surface area contributed by atoms with Crippen molar-refractivity contribution in [2.24, 2.45) is 0 Å². The fraction of sp³-hybridized carbons (Fsp3) is 0.481. The van der Waals surface area contributed by atoms with Gasteiger partial charge in [0.05, 0.1) is 0 Å². The summed E-state index contributed by atoms with van der Waals surface area (Å²) in [6.07, 6.45) is 6.26. The van der Waals surface area contributed by atoms with Crippen LogP contribution in [0.15, 0.2) is 54.6 Å². The number of carbonyl (C=O) groups is 2. The molecule has 1 saturated heterocycles. The van der Waals surface area contributed by atoms with Crippen LogP contribution in [0.3, 0.4) is 0 Å². The lowest BCUT2D eigenvalue weighted by Crippen LogP contribution is -2.38. The van der Waals surface area contributed by atoms with Gasteiger partial charge in [0.2, 0.25) is 11.8 Å². The molecule has 1 atom stereocenters. The number of fused-ring (bicyclic) bond motifs is 1. The standard InChI is InChI=1S/C27H35N3O2/c31-26(28-13-16-30-14-7-2-8-15-30)19-24(21-9-3-1-4-10-21)20-27(32)29-25-17-22-11-5-6-12-23(22)18-25/h1,3-6,9-12,24-25H,2,7-8,13-20H2,(H,28,31)(H,29,32). The maximum Gasteiger partial charge on any atom is 0.220 e. The highest BCUT2D eigenvalue weighted by molar-refractivity contribution is 5.81.